The number of amides is 1. The number of carbonyl (C=O) groups excluding carboxylic acids is 1. The molecule has 1 aromatic heterocycles. The highest BCUT2D eigenvalue weighted by Crippen LogP contribution is 2.40. The number of aromatic nitrogens is 1. The normalized spacial score (nSPS) is 14.4. The van der Waals surface area contributed by atoms with E-state index in [4.69, 9.17) is 4.98 Å². The highest BCUT2D eigenvalue weighted by molar-refractivity contribution is 5.78. The topological polar surface area (TPSA) is 42.0 Å². The van der Waals surface area contributed by atoms with Crippen molar-refractivity contribution in [3.63, 3.8) is 0 Å². The summed E-state index contributed by atoms with van der Waals surface area (Å²) in [7, 11) is 0. The summed E-state index contributed by atoms with van der Waals surface area (Å²) < 4.78 is 0. The van der Waals surface area contributed by atoms with Gasteiger partial charge in [0.15, 0.2) is 0 Å². The van der Waals surface area contributed by atoms with E-state index in [1.807, 2.05) is 12.1 Å². The minimum Gasteiger partial charge on any atom is -0.349 e. The van der Waals surface area contributed by atoms with Gasteiger partial charge in [-0.25, -0.2) is 0 Å². The summed E-state index contributed by atoms with van der Waals surface area (Å²) in [5, 5.41) is 4.43. The molecule has 1 unspecified atom stereocenters. The van der Waals surface area contributed by atoms with Crippen LogP contribution in [0.2, 0.25) is 0 Å². The van der Waals surface area contributed by atoms with Crippen LogP contribution in [-0.4, -0.2) is 10.9 Å². The molecule has 0 aliphatic carbocycles. The molecule has 1 amide bonds. The van der Waals surface area contributed by atoms with Gasteiger partial charge in [-0.15, -0.1) is 0 Å². The number of nitrogens with one attached hydrogen (secondary N) is 1. The summed E-state index contributed by atoms with van der Waals surface area (Å²) in [5.41, 5.74) is 5.73. The number of fused-ring (bicyclic) bond motifs is 1. The Labute approximate surface area is 200 Å². The van der Waals surface area contributed by atoms with Crippen LogP contribution < -0.4 is 5.32 Å². The lowest BCUT2D eigenvalue weighted by Crippen LogP contribution is -2.34. The molecular formula is C30H40N2O. The van der Waals surface area contributed by atoms with Gasteiger partial charge in [0.25, 0.3) is 0 Å². The molecule has 176 valence electrons. The van der Waals surface area contributed by atoms with Gasteiger partial charge in [-0.3, -0.25) is 9.78 Å². The first kappa shape index (κ1) is 25.0. The molecule has 3 nitrogen and oxygen atoms in total. The number of hydrogen-bond acceptors (Lipinski definition) is 2. The Morgan fingerprint density at radius 3 is 1.94 bits per heavy atom. The Balaban J connectivity index is 2.23. The maximum absolute atomic E-state index is 12.4. The predicted octanol–water partition coefficient (Wildman–Crippen LogP) is 7.45. The van der Waals surface area contributed by atoms with Crippen molar-refractivity contribution in [2.75, 3.05) is 0 Å². The first-order valence-corrected chi connectivity index (χ1v) is 12.1. The van der Waals surface area contributed by atoms with E-state index in [1.165, 1.54) is 11.1 Å². The molecule has 0 spiro atoms. The van der Waals surface area contributed by atoms with Crippen LogP contribution in [0.25, 0.3) is 10.9 Å². The van der Waals surface area contributed by atoms with Gasteiger partial charge in [0.2, 0.25) is 5.91 Å². The second-order valence-electron chi connectivity index (χ2n) is 11.7. The monoisotopic (exact) mass is 444 g/mol. The van der Waals surface area contributed by atoms with Gasteiger partial charge in [-0.1, -0.05) is 97.9 Å². The number of nitrogens with zero attached hydrogens (tertiary/aromatic N) is 1. The maximum Gasteiger partial charge on any atom is 0.217 e. The lowest BCUT2D eigenvalue weighted by atomic mass is 9.75. The van der Waals surface area contributed by atoms with Crippen LogP contribution in [0, 0.1) is 5.92 Å². The molecular weight excluding hydrogens is 404 g/mol. The zero-order valence-corrected chi connectivity index (χ0v) is 21.8. The Bertz CT molecular complexity index is 1100. The fraction of sp³-hybridized carbons (Fsp3) is 0.467. The highest BCUT2D eigenvalue weighted by Gasteiger charge is 2.32. The average Bonchev–Trinajstić information content (AvgIpc) is 2.71. The first-order chi connectivity index (χ1) is 15.3. The average molecular weight is 445 g/mol. The van der Waals surface area contributed by atoms with Crippen LogP contribution in [-0.2, 0) is 15.6 Å². The van der Waals surface area contributed by atoms with Crippen molar-refractivity contribution in [2.45, 2.75) is 85.1 Å². The standard InChI is InChI=1S/C30H40N2O/c1-19(2)27(26-15-14-21-12-10-11-13-25(21)32-26)28(31-20(3)33)22-16-23(29(4,5)6)18-24(17-22)30(7,8)9/h10-19,27-28H,1-9H3,(H,31,33)/t27?,28-/m1/s1. The predicted molar refractivity (Wildman–Crippen MR) is 140 cm³/mol. The minimum absolute atomic E-state index is 0.00527. The molecule has 1 heterocycles. The molecule has 2 atom stereocenters. The van der Waals surface area contributed by atoms with Crippen molar-refractivity contribution in [1.29, 1.82) is 0 Å². The van der Waals surface area contributed by atoms with Crippen LogP contribution in [0.15, 0.2) is 54.6 Å². The molecule has 3 aromatic rings. The SMILES string of the molecule is CC(=O)N[C@H](c1cc(C(C)(C)C)cc(C(C)(C)C)c1)C(c1ccc2ccccc2n1)C(C)C. The molecule has 0 aliphatic heterocycles. The van der Waals surface area contributed by atoms with Crippen molar-refractivity contribution in [1.82, 2.24) is 10.3 Å². The molecule has 0 saturated heterocycles. The summed E-state index contributed by atoms with van der Waals surface area (Å²) in [6.45, 7) is 19.5. The van der Waals surface area contributed by atoms with Gasteiger partial charge in [0, 0.05) is 23.9 Å². The van der Waals surface area contributed by atoms with E-state index in [1.54, 1.807) is 6.92 Å². The third kappa shape index (κ3) is 5.82. The molecule has 1 N–H and O–H groups in total. The van der Waals surface area contributed by atoms with Crippen LogP contribution in [0.3, 0.4) is 0 Å². The molecule has 0 saturated carbocycles. The quantitative estimate of drug-likeness (QED) is 0.444. The van der Waals surface area contributed by atoms with Crippen molar-refractivity contribution < 1.29 is 4.79 Å². The lowest BCUT2D eigenvalue weighted by Gasteiger charge is -2.34. The third-order valence-electron chi connectivity index (χ3n) is 6.44. The first-order valence-electron chi connectivity index (χ1n) is 12.1. The van der Waals surface area contributed by atoms with Crippen molar-refractivity contribution >= 4 is 16.8 Å². The summed E-state index contributed by atoms with van der Waals surface area (Å²) in [5.74, 6) is 0.304. The lowest BCUT2D eigenvalue weighted by molar-refractivity contribution is -0.120. The Hall–Kier alpha value is -2.68. The van der Waals surface area contributed by atoms with Crippen LogP contribution >= 0.6 is 0 Å². The fourth-order valence-corrected chi connectivity index (χ4v) is 4.46. The number of carbonyl (C=O) groups is 1. The van der Waals surface area contributed by atoms with Gasteiger partial charge in [0.1, 0.15) is 0 Å². The summed E-state index contributed by atoms with van der Waals surface area (Å²) >= 11 is 0. The Kier molecular flexibility index (Phi) is 7.02. The van der Waals surface area contributed by atoms with Gasteiger partial charge in [-0.05, 0) is 45.6 Å². The van der Waals surface area contributed by atoms with E-state index >= 15 is 0 Å². The van der Waals surface area contributed by atoms with E-state index in [0.717, 1.165) is 22.2 Å². The van der Waals surface area contributed by atoms with Gasteiger partial charge >= 0.3 is 0 Å². The van der Waals surface area contributed by atoms with E-state index < -0.39 is 0 Å². The van der Waals surface area contributed by atoms with E-state index in [9.17, 15) is 4.79 Å². The number of hydrogen-bond donors (Lipinski definition) is 1. The largest absolute Gasteiger partial charge is 0.349 e. The van der Waals surface area contributed by atoms with Gasteiger partial charge in [0.05, 0.1) is 11.6 Å². The number of pyridine rings is 1. The molecule has 2 aromatic carbocycles. The van der Waals surface area contributed by atoms with Gasteiger partial charge < -0.3 is 5.32 Å². The van der Waals surface area contributed by atoms with E-state index in [-0.39, 0.29) is 34.6 Å². The number of benzene rings is 2. The van der Waals surface area contributed by atoms with Gasteiger partial charge in [-0.2, -0.15) is 0 Å². The van der Waals surface area contributed by atoms with Crippen molar-refractivity contribution in [3.05, 3.63) is 77.0 Å². The maximum atomic E-state index is 12.4. The molecule has 0 radical (unpaired) electrons. The number of rotatable bonds is 5. The highest BCUT2D eigenvalue weighted by atomic mass is 16.1. The number of para-hydroxylation sites is 1. The van der Waals surface area contributed by atoms with E-state index in [0.29, 0.717) is 0 Å². The smallest absolute Gasteiger partial charge is 0.217 e. The molecule has 3 rings (SSSR count). The van der Waals surface area contributed by atoms with Crippen LogP contribution in [0.1, 0.15) is 96.7 Å². The molecule has 3 heteroatoms. The zero-order chi connectivity index (χ0) is 24.6. The third-order valence-corrected chi connectivity index (χ3v) is 6.44. The zero-order valence-electron chi connectivity index (χ0n) is 21.8. The molecule has 0 aliphatic rings. The molecule has 0 bridgehead atoms. The molecule has 33 heavy (non-hydrogen) atoms. The Morgan fingerprint density at radius 2 is 1.42 bits per heavy atom. The second-order valence-corrected chi connectivity index (χ2v) is 11.7. The second kappa shape index (κ2) is 9.29. The van der Waals surface area contributed by atoms with Crippen LogP contribution in [0.4, 0.5) is 0 Å². The summed E-state index contributed by atoms with van der Waals surface area (Å²) in [6, 6.07) is 19.2. The van der Waals surface area contributed by atoms with Crippen molar-refractivity contribution in [2.24, 2.45) is 5.92 Å². The molecule has 0 fully saturated rings. The summed E-state index contributed by atoms with van der Waals surface area (Å²) in [4.78, 5) is 17.5. The Morgan fingerprint density at radius 1 is 0.848 bits per heavy atom. The minimum atomic E-state index is -0.167. The fourth-order valence-electron chi connectivity index (χ4n) is 4.46. The van der Waals surface area contributed by atoms with Crippen LogP contribution in [0.5, 0.6) is 0 Å². The van der Waals surface area contributed by atoms with E-state index in [2.05, 4.69) is 103 Å². The summed E-state index contributed by atoms with van der Waals surface area (Å²) in [6.07, 6.45) is 0. The van der Waals surface area contributed by atoms with Crippen molar-refractivity contribution in [3.8, 4) is 0 Å².